The van der Waals surface area contributed by atoms with E-state index in [-0.39, 0.29) is 5.78 Å². The third kappa shape index (κ3) is 3.53. The van der Waals surface area contributed by atoms with Crippen LogP contribution in [0.25, 0.3) is 6.08 Å². The highest BCUT2D eigenvalue weighted by Gasteiger charge is 2.09. The molecule has 3 heteroatoms. The first-order valence-electron chi connectivity index (χ1n) is 6.96. The minimum atomic E-state index is 0.0281. The molecule has 0 bridgehead atoms. The fraction of sp³-hybridized carbons (Fsp3) is 0.167. The van der Waals surface area contributed by atoms with Gasteiger partial charge in [-0.2, -0.15) is 0 Å². The van der Waals surface area contributed by atoms with Gasteiger partial charge < -0.3 is 4.74 Å². The predicted molar refractivity (Wildman–Crippen MR) is 92.8 cm³/mol. The molecule has 106 valence electrons. The van der Waals surface area contributed by atoms with E-state index in [0.29, 0.717) is 5.56 Å². The normalized spacial score (nSPS) is 13.8. The predicted octanol–water partition coefficient (Wildman–Crippen LogP) is 4.51. The second-order valence-corrected chi connectivity index (χ2v) is 6.27. The Morgan fingerprint density at radius 3 is 2.76 bits per heavy atom. The van der Waals surface area contributed by atoms with Gasteiger partial charge in [0, 0.05) is 9.13 Å². The maximum Gasteiger partial charge on any atom is 0.185 e. The highest BCUT2D eigenvalue weighted by atomic mass is 127. The summed E-state index contributed by atoms with van der Waals surface area (Å²) in [5.74, 6) is 1.00. The Morgan fingerprint density at radius 1 is 1.14 bits per heavy atom. The van der Waals surface area contributed by atoms with Crippen LogP contribution in [0.1, 0.15) is 27.9 Å². The van der Waals surface area contributed by atoms with Crippen LogP contribution in [0.4, 0.5) is 0 Å². The SMILES string of the molecule is O=C(C=Cc1ccc2c(c1)CCCO2)c1ccc(I)cc1. The van der Waals surface area contributed by atoms with E-state index in [2.05, 4.69) is 28.7 Å². The molecular weight excluding hydrogens is 375 g/mol. The minimum Gasteiger partial charge on any atom is -0.493 e. The molecule has 0 radical (unpaired) electrons. The van der Waals surface area contributed by atoms with Gasteiger partial charge in [-0.1, -0.05) is 24.3 Å². The standard InChI is InChI=1S/C18H15IO2/c19-16-7-5-14(6-8-16)17(20)9-3-13-4-10-18-15(12-13)2-1-11-21-18/h3-10,12H,1-2,11H2. The van der Waals surface area contributed by atoms with Gasteiger partial charge in [-0.15, -0.1) is 0 Å². The molecular formula is C18H15IO2. The number of halogens is 1. The maximum atomic E-state index is 12.1. The average Bonchev–Trinajstić information content (AvgIpc) is 2.53. The van der Waals surface area contributed by atoms with Crippen LogP contribution in [-0.2, 0) is 6.42 Å². The Bertz CT molecular complexity index is 687. The van der Waals surface area contributed by atoms with Gasteiger partial charge in [-0.05, 0) is 76.9 Å². The van der Waals surface area contributed by atoms with E-state index in [0.717, 1.165) is 34.3 Å². The van der Waals surface area contributed by atoms with Crippen LogP contribution in [-0.4, -0.2) is 12.4 Å². The Labute approximate surface area is 138 Å². The molecule has 2 aromatic carbocycles. The van der Waals surface area contributed by atoms with Crippen LogP contribution in [0.3, 0.4) is 0 Å². The van der Waals surface area contributed by atoms with Crippen molar-refractivity contribution >= 4 is 34.5 Å². The van der Waals surface area contributed by atoms with Crippen LogP contribution in [0.15, 0.2) is 48.5 Å². The molecule has 0 amide bonds. The van der Waals surface area contributed by atoms with Crippen molar-refractivity contribution in [3.05, 3.63) is 68.8 Å². The number of carbonyl (C=O) groups excluding carboxylic acids is 1. The lowest BCUT2D eigenvalue weighted by Gasteiger charge is -2.17. The molecule has 21 heavy (non-hydrogen) atoms. The van der Waals surface area contributed by atoms with Gasteiger partial charge in [0.25, 0.3) is 0 Å². The van der Waals surface area contributed by atoms with Crippen molar-refractivity contribution in [3.8, 4) is 5.75 Å². The molecule has 0 fully saturated rings. The summed E-state index contributed by atoms with van der Waals surface area (Å²) >= 11 is 2.23. The Hall–Kier alpha value is -1.62. The summed E-state index contributed by atoms with van der Waals surface area (Å²) in [5.41, 5.74) is 2.98. The number of carbonyl (C=O) groups is 1. The molecule has 1 aliphatic rings. The third-order valence-electron chi connectivity index (χ3n) is 3.49. The Kier molecular flexibility index (Phi) is 4.39. The second-order valence-electron chi connectivity index (χ2n) is 5.02. The van der Waals surface area contributed by atoms with E-state index in [4.69, 9.17) is 4.74 Å². The quantitative estimate of drug-likeness (QED) is 0.438. The number of rotatable bonds is 3. The van der Waals surface area contributed by atoms with Gasteiger partial charge in [-0.25, -0.2) is 0 Å². The number of aryl methyl sites for hydroxylation is 1. The summed E-state index contributed by atoms with van der Waals surface area (Å²) in [5, 5.41) is 0. The summed E-state index contributed by atoms with van der Waals surface area (Å²) in [6.07, 6.45) is 5.60. The molecule has 0 saturated carbocycles. The summed E-state index contributed by atoms with van der Waals surface area (Å²) in [4.78, 5) is 12.1. The Morgan fingerprint density at radius 2 is 1.95 bits per heavy atom. The van der Waals surface area contributed by atoms with E-state index in [1.54, 1.807) is 6.08 Å². The van der Waals surface area contributed by atoms with Crippen molar-refractivity contribution < 1.29 is 9.53 Å². The van der Waals surface area contributed by atoms with Gasteiger partial charge in [0.1, 0.15) is 5.75 Å². The number of ether oxygens (including phenoxy) is 1. The van der Waals surface area contributed by atoms with Crippen molar-refractivity contribution in [2.75, 3.05) is 6.61 Å². The summed E-state index contributed by atoms with van der Waals surface area (Å²) < 4.78 is 6.72. The first kappa shape index (κ1) is 14.3. The first-order chi connectivity index (χ1) is 10.2. The highest BCUT2D eigenvalue weighted by Crippen LogP contribution is 2.26. The van der Waals surface area contributed by atoms with Crippen molar-refractivity contribution in [1.29, 1.82) is 0 Å². The number of ketones is 1. The van der Waals surface area contributed by atoms with Crippen molar-refractivity contribution in [1.82, 2.24) is 0 Å². The third-order valence-corrected chi connectivity index (χ3v) is 4.21. The lowest BCUT2D eigenvalue weighted by molar-refractivity contribution is 0.104. The number of hydrogen-bond acceptors (Lipinski definition) is 2. The zero-order valence-electron chi connectivity index (χ0n) is 11.5. The fourth-order valence-electron chi connectivity index (χ4n) is 2.37. The van der Waals surface area contributed by atoms with Crippen molar-refractivity contribution in [2.45, 2.75) is 12.8 Å². The molecule has 0 atom stereocenters. The monoisotopic (exact) mass is 390 g/mol. The largest absolute Gasteiger partial charge is 0.493 e. The van der Waals surface area contributed by atoms with Gasteiger partial charge in [0.15, 0.2) is 5.78 Å². The van der Waals surface area contributed by atoms with Crippen molar-refractivity contribution in [3.63, 3.8) is 0 Å². The highest BCUT2D eigenvalue weighted by molar-refractivity contribution is 14.1. The first-order valence-corrected chi connectivity index (χ1v) is 8.04. The molecule has 2 nitrogen and oxygen atoms in total. The topological polar surface area (TPSA) is 26.3 Å². The lowest BCUT2D eigenvalue weighted by Crippen LogP contribution is -2.08. The van der Waals surface area contributed by atoms with Crippen LogP contribution >= 0.6 is 22.6 Å². The van der Waals surface area contributed by atoms with E-state index >= 15 is 0 Å². The Balaban J connectivity index is 1.76. The number of hydrogen-bond donors (Lipinski definition) is 0. The lowest BCUT2D eigenvalue weighted by atomic mass is 10.0. The summed E-state index contributed by atoms with van der Waals surface area (Å²) in [7, 11) is 0. The molecule has 0 aromatic heterocycles. The maximum absolute atomic E-state index is 12.1. The van der Waals surface area contributed by atoms with Gasteiger partial charge in [0.2, 0.25) is 0 Å². The van der Waals surface area contributed by atoms with E-state index in [1.807, 2.05) is 42.5 Å². The molecule has 1 aliphatic heterocycles. The van der Waals surface area contributed by atoms with Crippen molar-refractivity contribution in [2.24, 2.45) is 0 Å². The summed E-state index contributed by atoms with van der Waals surface area (Å²) in [6, 6.07) is 13.7. The number of benzene rings is 2. The molecule has 0 saturated heterocycles. The zero-order chi connectivity index (χ0) is 14.7. The molecule has 0 unspecified atom stereocenters. The van der Waals surface area contributed by atoms with Crippen LogP contribution in [0, 0.1) is 3.57 Å². The van der Waals surface area contributed by atoms with E-state index < -0.39 is 0 Å². The summed E-state index contributed by atoms with van der Waals surface area (Å²) in [6.45, 7) is 0.799. The van der Waals surface area contributed by atoms with Gasteiger partial charge in [-0.3, -0.25) is 4.79 Å². The molecule has 0 spiro atoms. The number of fused-ring (bicyclic) bond motifs is 1. The number of allylic oxidation sites excluding steroid dienone is 1. The zero-order valence-corrected chi connectivity index (χ0v) is 13.7. The second kappa shape index (κ2) is 6.43. The van der Waals surface area contributed by atoms with Crippen LogP contribution in [0.5, 0.6) is 5.75 Å². The smallest absolute Gasteiger partial charge is 0.185 e. The molecule has 2 aromatic rings. The van der Waals surface area contributed by atoms with Crippen LogP contribution in [0.2, 0.25) is 0 Å². The molecule has 0 N–H and O–H groups in total. The minimum absolute atomic E-state index is 0.0281. The molecule has 0 aliphatic carbocycles. The van der Waals surface area contributed by atoms with E-state index in [9.17, 15) is 4.79 Å². The van der Waals surface area contributed by atoms with E-state index in [1.165, 1.54) is 5.56 Å². The fourth-order valence-corrected chi connectivity index (χ4v) is 2.73. The molecule has 3 rings (SSSR count). The van der Waals surface area contributed by atoms with Gasteiger partial charge in [0.05, 0.1) is 6.61 Å². The molecule has 1 heterocycles. The van der Waals surface area contributed by atoms with Crippen LogP contribution < -0.4 is 4.74 Å². The van der Waals surface area contributed by atoms with Gasteiger partial charge >= 0.3 is 0 Å². The average molecular weight is 390 g/mol.